The molecule has 1 aliphatic heterocycles. The Morgan fingerprint density at radius 2 is 2.12 bits per heavy atom. The van der Waals surface area contributed by atoms with Crippen molar-refractivity contribution in [2.24, 2.45) is 5.92 Å². The number of carbonyl (C=O) groups is 2. The number of hydrogen-bond donors (Lipinski definition) is 3. The Kier molecular flexibility index (Phi) is 4.80. The van der Waals surface area contributed by atoms with Crippen LogP contribution in [0.5, 0.6) is 0 Å². The molecule has 0 saturated carbocycles. The van der Waals surface area contributed by atoms with Crippen LogP contribution in [0.15, 0.2) is 24.3 Å². The second-order valence-electron chi connectivity index (χ2n) is 6.32. The van der Waals surface area contributed by atoms with Crippen molar-refractivity contribution >= 4 is 22.8 Å². The zero-order chi connectivity index (χ0) is 17.1. The van der Waals surface area contributed by atoms with Crippen molar-refractivity contribution in [3.05, 3.63) is 30.1 Å². The number of imidazole rings is 1. The van der Waals surface area contributed by atoms with Crippen molar-refractivity contribution < 1.29 is 9.59 Å². The standard InChI is InChI=1S/C17H23N5O2/c1-18-17(24)11-9-22(2)10-14(11)21-16(23)8-7-15-19-12-5-3-4-6-13(12)20-15/h3-6,11,14H,7-10H2,1-2H3,(H,18,24)(H,19,20)(H,21,23)/t11-,14+/m1/s1. The van der Waals surface area contributed by atoms with Gasteiger partial charge >= 0.3 is 0 Å². The molecule has 0 aliphatic carbocycles. The van der Waals surface area contributed by atoms with Gasteiger partial charge in [0.25, 0.3) is 0 Å². The molecule has 0 radical (unpaired) electrons. The quantitative estimate of drug-likeness (QED) is 0.735. The van der Waals surface area contributed by atoms with Crippen LogP contribution in [0.25, 0.3) is 11.0 Å². The molecule has 3 N–H and O–H groups in total. The van der Waals surface area contributed by atoms with Gasteiger partial charge in [-0.05, 0) is 19.2 Å². The number of H-pyrrole nitrogens is 1. The first kappa shape index (κ1) is 16.4. The highest BCUT2D eigenvalue weighted by atomic mass is 16.2. The number of amides is 2. The minimum Gasteiger partial charge on any atom is -0.359 e. The Hall–Kier alpha value is -2.41. The van der Waals surface area contributed by atoms with Gasteiger partial charge in [0.05, 0.1) is 23.0 Å². The van der Waals surface area contributed by atoms with Crippen LogP contribution in [-0.2, 0) is 16.0 Å². The largest absolute Gasteiger partial charge is 0.359 e. The Morgan fingerprint density at radius 1 is 1.33 bits per heavy atom. The molecule has 1 aromatic carbocycles. The van der Waals surface area contributed by atoms with Crippen LogP contribution in [0, 0.1) is 5.92 Å². The van der Waals surface area contributed by atoms with E-state index in [0.717, 1.165) is 16.9 Å². The summed E-state index contributed by atoms with van der Waals surface area (Å²) in [6, 6.07) is 7.66. The number of para-hydroxylation sites is 2. The van der Waals surface area contributed by atoms with Gasteiger partial charge in [0.2, 0.25) is 11.8 Å². The molecule has 7 nitrogen and oxygen atoms in total. The SMILES string of the molecule is CNC(=O)[C@@H]1CN(C)C[C@@H]1NC(=O)CCc1nc2ccccc2[nH]1. The number of nitrogens with zero attached hydrogens (tertiary/aromatic N) is 2. The summed E-state index contributed by atoms with van der Waals surface area (Å²) in [6.45, 7) is 1.35. The van der Waals surface area contributed by atoms with E-state index < -0.39 is 0 Å². The third kappa shape index (κ3) is 3.56. The van der Waals surface area contributed by atoms with Gasteiger partial charge in [0.1, 0.15) is 5.82 Å². The molecular weight excluding hydrogens is 306 g/mol. The number of hydrogen-bond acceptors (Lipinski definition) is 4. The van der Waals surface area contributed by atoms with E-state index in [-0.39, 0.29) is 23.8 Å². The van der Waals surface area contributed by atoms with E-state index in [9.17, 15) is 9.59 Å². The van der Waals surface area contributed by atoms with Gasteiger partial charge in [-0.1, -0.05) is 12.1 Å². The lowest BCUT2D eigenvalue weighted by Gasteiger charge is -2.18. The molecule has 7 heteroatoms. The van der Waals surface area contributed by atoms with Crippen molar-refractivity contribution in [3.8, 4) is 0 Å². The maximum Gasteiger partial charge on any atom is 0.226 e. The average Bonchev–Trinajstić information content (AvgIpc) is 3.15. The van der Waals surface area contributed by atoms with Gasteiger partial charge in [0.15, 0.2) is 0 Å². The predicted molar refractivity (Wildman–Crippen MR) is 91.4 cm³/mol. The van der Waals surface area contributed by atoms with Crippen LogP contribution in [-0.4, -0.2) is 59.9 Å². The van der Waals surface area contributed by atoms with E-state index in [2.05, 4.69) is 25.5 Å². The van der Waals surface area contributed by atoms with Gasteiger partial charge in [-0.2, -0.15) is 0 Å². The van der Waals surface area contributed by atoms with Gasteiger partial charge in [0, 0.05) is 33.0 Å². The van der Waals surface area contributed by atoms with Crippen molar-refractivity contribution in [1.29, 1.82) is 0 Å². The molecule has 1 fully saturated rings. The minimum absolute atomic E-state index is 0.0260. The molecule has 0 unspecified atom stereocenters. The van der Waals surface area contributed by atoms with E-state index in [1.165, 1.54) is 0 Å². The number of aromatic nitrogens is 2. The molecule has 1 aromatic heterocycles. The third-order valence-corrected chi connectivity index (χ3v) is 4.46. The van der Waals surface area contributed by atoms with Crippen LogP contribution in [0.3, 0.4) is 0 Å². The first-order valence-corrected chi connectivity index (χ1v) is 8.20. The summed E-state index contributed by atoms with van der Waals surface area (Å²) >= 11 is 0. The highest BCUT2D eigenvalue weighted by molar-refractivity contribution is 5.82. The molecule has 3 rings (SSSR count). The van der Waals surface area contributed by atoms with Crippen LogP contribution in [0.1, 0.15) is 12.2 Å². The highest BCUT2D eigenvalue weighted by Crippen LogP contribution is 2.16. The number of fused-ring (bicyclic) bond motifs is 1. The van der Waals surface area contributed by atoms with Gasteiger partial charge in [-0.25, -0.2) is 4.98 Å². The average molecular weight is 329 g/mol. The summed E-state index contributed by atoms with van der Waals surface area (Å²) in [6.07, 6.45) is 0.897. The van der Waals surface area contributed by atoms with Crippen molar-refractivity contribution in [3.63, 3.8) is 0 Å². The molecule has 2 aromatic rings. The lowest BCUT2D eigenvalue weighted by molar-refractivity contribution is -0.125. The van der Waals surface area contributed by atoms with E-state index >= 15 is 0 Å². The lowest BCUT2D eigenvalue weighted by atomic mass is 10.0. The second kappa shape index (κ2) is 7.00. The molecule has 24 heavy (non-hydrogen) atoms. The fraction of sp³-hybridized carbons (Fsp3) is 0.471. The Labute approximate surface area is 140 Å². The first-order chi connectivity index (χ1) is 11.6. The summed E-state index contributed by atoms with van der Waals surface area (Å²) in [4.78, 5) is 33.9. The zero-order valence-corrected chi connectivity index (χ0v) is 14.0. The summed E-state index contributed by atoms with van der Waals surface area (Å²) in [5.74, 6) is 0.527. The molecule has 0 spiro atoms. The summed E-state index contributed by atoms with van der Waals surface area (Å²) < 4.78 is 0. The maximum atomic E-state index is 12.2. The molecule has 0 bridgehead atoms. The fourth-order valence-electron chi connectivity index (χ4n) is 3.23. The van der Waals surface area contributed by atoms with Crippen molar-refractivity contribution in [1.82, 2.24) is 25.5 Å². The van der Waals surface area contributed by atoms with Crippen molar-refractivity contribution in [2.75, 3.05) is 27.2 Å². The van der Waals surface area contributed by atoms with E-state index in [1.54, 1.807) is 7.05 Å². The molecule has 1 aliphatic rings. The summed E-state index contributed by atoms with van der Waals surface area (Å²) in [7, 11) is 3.58. The molecule has 2 heterocycles. The third-order valence-electron chi connectivity index (χ3n) is 4.46. The number of rotatable bonds is 5. The van der Waals surface area contributed by atoms with Crippen LogP contribution in [0.2, 0.25) is 0 Å². The number of likely N-dealkylation sites (N-methyl/N-ethyl adjacent to an activating group) is 1. The normalized spacial score (nSPS) is 21.1. The van der Waals surface area contributed by atoms with E-state index in [0.29, 0.717) is 25.9 Å². The predicted octanol–water partition coefficient (Wildman–Crippen LogP) is 0.288. The number of nitrogens with one attached hydrogen (secondary N) is 3. The van der Waals surface area contributed by atoms with Crippen molar-refractivity contribution in [2.45, 2.75) is 18.9 Å². The number of benzene rings is 1. The minimum atomic E-state index is -0.199. The molecular formula is C17H23N5O2. The molecule has 2 atom stereocenters. The van der Waals surface area contributed by atoms with Crippen LogP contribution < -0.4 is 10.6 Å². The van der Waals surface area contributed by atoms with Crippen LogP contribution >= 0.6 is 0 Å². The Bertz CT molecular complexity index is 708. The number of aryl methyl sites for hydroxylation is 1. The number of carbonyl (C=O) groups excluding carboxylic acids is 2. The zero-order valence-electron chi connectivity index (χ0n) is 14.0. The number of likely N-dealkylation sites (tertiary alicyclic amines) is 1. The van der Waals surface area contributed by atoms with E-state index in [4.69, 9.17) is 0 Å². The topological polar surface area (TPSA) is 90.1 Å². The molecule has 2 amide bonds. The smallest absolute Gasteiger partial charge is 0.226 e. The Balaban J connectivity index is 1.56. The van der Waals surface area contributed by atoms with Gasteiger partial charge in [-0.15, -0.1) is 0 Å². The summed E-state index contributed by atoms with van der Waals surface area (Å²) in [5, 5.41) is 5.67. The van der Waals surface area contributed by atoms with Crippen LogP contribution in [0.4, 0.5) is 0 Å². The van der Waals surface area contributed by atoms with E-state index in [1.807, 2.05) is 31.3 Å². The van der Waals surface area contributed by atoms with Gasteiger partial charge in [-0.3, -0.25) is 9.59 Å². The molecule has 128 valence electrons. The first-order valence-electron chi connectivity index (χ1n) is 8.20. The fourth-order valence-corrected chi connectivity index (χ4v) is 3.23. The lowest BCUT2D eigenvalue weighted by Crippen LogP contribution is -2.45. The molecule has 1 saturated heterocycles. The summed E-state index contributed by atoms with van der Waals surface area (Å²) in [5.41, 5.74) is 1.88. The van der Waals surface area contributed by atoms with Gasteiger partial charge < -0.3 is 20.5 Å². The maximum absolute atomic E-state index is 12.2. The number of aromatic amines is 1. The monoisotopic (exact) mass is 329 g/mol. The second-order valence-corrected chi connectivity index (χ2v) is 6.32. The highest BCUT2D eigenvalue weighted by Gasteiger charge is 2.36. The Morgan fingerprint density at radius 3 is 2.88 bits per heavy atom.